The summed E-state index contributed by atoms with van der Waals surface area (Å²) in [6, 6.07) is 8.47. The van der Waals surface area contributed by atoms with Crippen LogP contribution in [-0.2, 0) is 5.41 Å². The molecule has 0 radical (unpaired) electrons. The van der Waals surface area contributed by atoms with E-state index in [-0.39, 0.29) is 0 Å². The third-order valence-electron chi connectivity index (χ3n) is 4.09. The number of piperazine rings is 1. The summed E-state index contributed by atoms with van der Waals surface area (Å²) in [5.41, 5.74) is 8.64. The molecule has 2 aliphatic rings. The Balaban J connectivity index is 1.73. The topological polar surface area (TPSA) is 41.3 Å². The molecule has 0 aromatic heterocycles. The van der Waals surface area contributed by atoms with Crippen LogP contribution in [0.25, 0.3) is 0 Å². The van der Waals surface area contributed by atoms with Crippen molar-refractivity contribution in [3.8, 4) is 0 Å². The van der Waals surface area contributed by atoms with Gasteiger partial charge in [-0.1, -0.05) is 12.1 Å². The maximum absolute atomic E-state index is 5.89. The van der Waals surface area contributed by atoms with E-state index < -0.39 is 0 Å². The maximum atomic E-state index is 5.89. The second kappa shape index (κ2) is 4.31. The molecule has 3 rings (SSSR count). The largest absolute Gasteiger partial charge is 0.399 e. The molecule has 1 saturated heterocycles. The van der Waals surface area contributed by atoms with Gasteiger partial charge in [0.15, 0.2) is 0 Å². The first-order valence-corrected chi connectivity index (χ1v) is 6.58. The van der Waals surface area contributed by atoms with Gasteiger partial charge in [0.25, 0.3) is 0 Å². The highest BCUT2D eigenvalue weighted by molar-refractivity contribution is 5.45. The van der Waals surface area contributed by atoms with E-state index in [1.54, 1.807) is 0 Å². The zero-order valence-electron chi connectivity index (χ0n) is 10.3. The van der Waals surface area contributed by atoms with Gasteiger partial charge in [0.1, 0.15) is 0 Å². The standard InChI is InChI=1S/C14H21N3/c15-13-3-1-2-12(10-13)14(4-5-14)11-17-8-6-16-7-9-17/h1-3,10,16H,4-9,11,15H2. The molecule has 0 amide bonds. The summed E-state index contributed by atoms with van der Waals surface area (Å²) < 4.78 is 0. The van der Waals surface area contributed by atoms with Crippen LogP contribution in [0.5, 0.6) is 0 Å². The first-order valence-electron chi connectivity index (χ1n) is 6.58. The SMILES string of the molecule is Nc1cccc(C2(CN3CCNCC3)CC2)c1. The molecule has 1 saturated carbocycles. The molecule has 3 N–H and O–H groups in total. The lowest BCUT2D eigenvalue weighted by atomic mass is 9.94. The molecule has 92 valence electrons. The van der Waals surface area contributed by atoms with Gasteiger partial charge in [-0.25, -0.2) is 0 Å². The summed E-state index contributed by atoms with van der Waals surface area (Å²) in [6.07, 6.45) is 2.64. The van der Waals surface area contributed by atoms with E-state index in [9.17, 15) is 0 Å². The van der Waals surface area contributed by atoms with Crippen molar-refractivity contribution < 1.29 is 0 Å². The lowest BCUT2D eigenvalue weighted by Gasteiger charge is -2.31. The van der Waals surface area contributed by atoms with Crippen LogP contribution in [0.4, 0.5) is 5.69 Å². The fraction of sp³-hybridized carbons (Fsp3) is 0.571. The molecule has 2 fully saturated rings. The molecule has 0 bridgehead atoms. The Kier molecular flexibility index (Phi) is 2.81. The number of nitrogens with zero attached hydrogens (tertiary/aromatic N) is 1. The van der Waals surface area contributed by atoms with Crippen molar-refractivity contribution in [3.63, 3.8) is 0 Å². The fourth-order valence-electron chi connectivity index (χ4n) is 2.85. The Labute approximate surface area is 103 Å². The van der Waals surface area contributed by atoms with Gasteiger partial charge < -0.3 is 11.1 Å². The van der Waals surface area contributed by atoms with E-state index in [4.69, 9.17) is 5.73 Å². The molecular weight excluding hydrogens is 210 g/mol. The second-order valence-corrected chi connectivity index (χ2v) is 5.43. The molecule has 1 aliphatic carbocycles. The molecule has 1 heterocycles. The molecule has 3 nitrogen and oxygen atoms in total. The molecule has 0 unspecified atom stereocenters. The number of benzene rings is 1. The van der Waals surface area contributed by atoms with Gasteiger partial charge in [0.2, 0.25) is 0 Å². The van der Waals surface area contributed by atoms with Gasteiger partial charge in [-0.05, 0) is 30.5 Å². The molecule has 1 aromatic rings. The number of nitrogen functional groups attached to an aromatic ring is 1. The van der Waals surface area contributed by atoms with E-state index in [1.807, 2.05) is 6.07 Å². The van der Waals surface area contributed by atoms with Crippen LogP contribution >= 0.6 is 0 Å². The Morgan fingerprint density at radius 2 is 2.00 bits per heavy atom. The summed E-state index contributed by atoms with van der Waals surface area (Å²) in [6.45, 7) is 5.84. The highest BCUT2D eigenvalue weighted by atomic mass is 15.2. The van der Waals surface area contributed by atoms with Crippen molar-refractivity contribution in [2.75, 3.05) is 38.5 Å². The van der Waals surface area contributed by atoms with Crippen molar-refractivity contribution in [2.24, 2.45) is 0 Å². The summed E-state index contributed by atoms with van der Waals surface area (Å²) >= 11 is 0. The van der Waals surface area contributed by atoms with Crippen LogP contribution in [0.1, 0.15) is 18.4 Å². The predicted molar refractivity (Wildman–Crippen MR) is 71.1 cm³/mol. The number of hydrogen-bond acceptors (Lipinski definition) is 3. The normalized spacial score (nSPS) is 23.5. The molecule has 3 heteroatoms. The van der Waals surface area contributed by atoms with Crippen molar-refractivity contribution in [1.82, 2.24) is 10.2 Å². The number of nitrogens with two attached hydrogens (primary N) is 1. The minimum absolute atomic E-state index is 0.409. The van der Waals surface area contributed by atoms with Crippen LogP contribution in [0.15, 0.2) is 24.3 Å². The average Bonchev–Trinajstić information content (AvgIpc) is 3.11. The zero-order chi connectivity index (χ0) is 11.7. The molecule has 17 heavy (non-hydrogen) atoms. The van der Waals surface area contributed by atoms with Crippen molar-refractivity contribution in [3.05, 3.63) is 29.8 Å². The lowest BCUT2D eigenvalue weighted by molar-refractivity contribution is 0.221. The van der Waals surface area contributed by atoms with Crippen molar-refractivity contribution in [1.29, 1.82) is 0 Å². The summed E-state index contributed by atoms with van der Waals surface area (Å²) in [4.78, 5) is 2.59. The number of rotatable bonds is 3. The Morgan fingerprint density at radius 3 is 2.65 bits per heavy atom. The Bertz CT molecular complexity index is 392. The molecule has 0 atom stereocenters. The van der Waals surface area contributed by atoms with Crippen LogP contribution in [0.2, 0.25) is 0 Å². The first-order chi connectivity index (χ1) is 8.28. The van der Waals surface area contributed by atoms with Crippen LogP contribution in [0, 0.1) is 0 Å². The number of hydrogen-bond donors (Lipinski definition) is 2. The van der Waals surface area contributed by atoms with Crippen LogP contribution in [0.3, 0.4) is 0 Å². The van der Waals surface area contributed by atoms with E-state index in [2.05, 4.69) is 28.4 Å². The van der Waals surface area contributed by atoms with E-state index in [0.29, 0.717) is 5.41 Å². The third kappa shape index (κ3) is 2.31. The van der Waals surface area contributed by atoms with Gasteiger partial charge in [-0.15, -0.1) is 0 Å². The van der Waals surface area contributed by atoms with Gasteiger partial charge in [0.05, 0.1) is 0 Å². The van der Waals surface area contributed by atoms with Crippen molar-refractivity contribution >= 4 is 5.69 Å². The molecule has 1 aliphatic heterocycles. The van der Waals surface area contributed by atoms with Gasteiger partial charge in [0, 0.05) is 43.8 Å². The van der Waals surface area contributed by atoms with Crippen molar-refractivity contribution in [2.45, 2.75) is 18.3 Å². The first kappa shape index (κ1) is 11.1. The zero-order valence-corrected chi connectivity index (χ0v) is 10.3. The quantitative estimate of drug-likeness (QED) is 0.768. The summed E-state index contributed by atoms with van der Waals surface area (Å²) in [5.74, 6) is 0. The number of anilines is 1. The predicted octanol–water partition coefficient (Wildman–Crippen LogP) is 1.21. The van der Waals surface area contributed by atoms with Gasteiger partial charge in [-0.3, -0.25) is 4.90 Å². The molecular formula is C14H21N3. The van der Waals surface area contributed by atoms with Gasteiger partial charge >= 0.3 is 0 Å². The van der Waals surface area contributed by atoms with Crippen LogP contribution < -0.4 is 11.1 Å². The van der Waals surface area contributed by atoms with Gasteiger partial charge in [-0.2, -0.15) is 0 Å². The van der Waals surface area contributed by atoms with E-state index in [1.165, 1.54) is 38.0 Å². The maximum Gasteiger partial charge on any atom is 0.0316 e. The molecule has 1 aromatic carbocycles. The Morgan fingerprint density at radius 1 is 1.24 bits per heavy atom. The Hall–Kier alpha value is -1.06. The van der Waals surface area contributed by atoms with E-state index >= 15 is 0 Å². The minimum atomic E-state index is 0.409. The summed E-state index contributed by atoms with van der Waals surface area (Å²) in [7, 11) is 0. The number of nitrogens with one attached hydrogen (secondary N) is 1. The minimum Gasteiger partial charge on any atom is -0.399 e. The summed E-state index contributed by atoms with van der Waals surface area (Å²) in [5, 5.41) is 3.41. The second-order valence-electron chi connectivity index (χ2n) is 5.43. The smallest absolute Gasteiger partial charge is 0.0316 e. The fourth-order valence-corrected chi connectivity index (χ4v) is 2.85. The lowest BCUT2D eigenvalue weighted by Crippen LogP contribution is -2.46. The van der Waals surface area contributed by atoms with E-state index in [0.717, 1.165) is 18.8 Å². The molecule has 0 spiro atoms. The third-order valence-corrected chi connectivity index (χ3v) is 4.09. The highest BCUT2D eigenvalue weighted by Crippen LogP contribution is 2.49. The highest BCUT2D eigenvalue weighted by Gasteiger charge is 2.45. The average molecular weight is 231 g/mol. The van der Waals surface area contributed by atoms with Crippen LogP contribution in [-0.4, -0.2) is 37.6 Å². The monoisotopic (exact) mass is 231 g/mol.